The van der Waals surface area contributed by atoms with E-state index in [4.69, 9.17) is 9.90 Å². The maximum absolute atomic E-state index is 9.59. The molecule has 5 nitrogen and oxygen atoms in total. The number of aliphatic hydroxyl groups excluding tert-OH is 1. The molecule has 0 unspecified atom stereocenters. The molecule has 0 fully saturated rings. The number of nitrogens with one attached hydrogen (secondary N) is 1. The van der Waals surface area contributed by atoms with Gasteiger partial charge in [-0.15, -0.1) is 0 Å². The summed E-state index contributed by atoms with van der Waals surface area (Å²) in [5.41, 5.74) is 0. The second-order valence-electron chi connectivity index (χ2n) is 8.68. The van der Waals surface area contributed by atoms with E-state index in [9.17, 15) is 4.79 Å². The third kappa shape index (κ3) is 18.2. The van der Waals surface area contributed by atoms with Crippen LogP contribution in [0.3, 0.4) is 0 Å². The molecule has 4 aromatic carbocycles. The minimum Gasteiger partial charge on any atom is -0.310 e. The molecule has 0 radical (unpaired) electrons. The van der Waals surface area contributed by atoms with Crippen LogP contribution in [0, 0.1) is 0 Å². The number of methoxy groups -OCH3 is 1. The average molecular weight is 730 g/mol. The first-order valence-electron chi connectivity index (χ1n) is 13.8. The zero-order chi connectivity index (χ0) is 32.1. The van der Waals surface area contributed by atoms with Gasteiger partial charge in [0.25, 0.3) is 0 Å². The Morgan fingerprint density at radius 2 is 0.907 bits per heavy atom. The van der Waals surface area contributed by atoms with Crippen molar-refractivity contribution in [2.45, 2.75) is 13.8 Å². The fraction of sp³-hybridized carbons (Fsp3) is 0.235. The van der Waals surface area contributed by atoms with Gasteiger partial charge < -0.3 is 20.0 Å². The van der Waals surface area contributed by atoms with Gasteiger partial charge in [0.1, 0.15) is 0 Å². The number of hydrogen-bond donors (Lipinski definition) is 2. The largest absolute Gasteiger partial charge is 0.310 e. The zero-order valence-corrected chi connectivity index (χ0v) is 29.7. The van der Waals surface area contributed by atoms with E-state index in [1.165, 1.54) is 47.6 Å². The van der Waals surface area contributed by atoms with Gasteiger partial charge in [0.05, 0.1) is 56.5 Å². The molecule has 43 heavy (non-hydrogen) atoms. The van der Waals surface area contributed by atoms with Crippen LogP contribution < -0.4 is 26.5 Å². The SMILES string of the molecule is CCO.COC(C)=O.[CH-]=O.[Cl][RuH+2].c1ccc([PH+](CCNCC[PH+](c2ccccc2)c2ccccc2)c2ccccc2)cc1. The molecule has 0 aliphatic heterocycles. The van der Waals surface area contributed by atoms with E-state index in [1.807, 2.05) is 0 Å². The molecule has 0 saturated carbocycles. The second kappa shape index (κ2) is 28.5. The molecule has 0 spiro atoms. The van der Waals surface area contributed by atoms with Crippen LogP contribution in [-0.4, -0.2) is 57.0 Å². The van der Waals surface area contributed by atoms with Crippen molar-refractivity contribution in [2.75, 3.05) is 39.1 Å². The number of rotatable bonds is 10. The topological polar surface area (TPSA) is 75.6 Å². The van der Waals surface area contributed by atoms with Crippen molar-refractivity contribution in [1.29, 1.82) is 0 Å². The van der Waals surface area contributed by atoms with Gasteiger partial charge in [-0.3, -0.25) is 11.6 Å². The predicted molar refractivity (Wildman–Crippen MR) is 188 cm³/mol. The monoisotopic (exact) mass is 730 g/mol. The second-order valence-corrected chi connectivity index (χ2v) is 13.9. The molecular weight excluding hydrogens is 685 g/mol. The van der Waals surface area contributed by atoms with Crippen molar-refractivity contribution in [3.63, 3.8) is 0 Å². The van der Waals surface area contributed by atoms with E-state index < -0.39 is 15.8 Å². The van der Waals surface area contributed by atoms with Crippen LogP contribution in [-0.2, 0) is 31.6 Å². The Balaban J connectivity index is 0.00000128. The normalized spacial score (nSPS) is 9.49. The van der Waals surface area contributed by atoms with E-state index in [0.29, 0.717) is 0 Å². The molecule has 0 heterocycles. The van der Waals surface area contributed by atoms with Gasteiger partial charge in [-0.25, -0.2) is 0 Å². The number of hydrogen-bond acceptors (Lipinski definition) is 5. The number of carbonyl (C=O) groups is 1. The summed E-state index contributed by atoms with van der Waals surface area (Å²) in [5, 5.41) is 17.3. The van der Waals surface area contributed by atoms with Crippen LogP contribution in [0.4, 0.5) is 0 Å². The number of benzene rings is 4. The van der Waals surface area contributed by atoms with Gasteiger partial charge in [0, 0.05) is 26.6 Å². The number of halogens is 1. The van der Waals surface area contributed by atoms with Crippen LogP contribution in [0.2, 0.25) is 0 Å². The fourth-order valence-corrected chi connectivity index (χ4v) is 9.07. The van der Waals surface area contributed by atoms with Crippen molar-refractivity contribution in [3.05, 3.63) is 121 Å². The summed E-state index contributed by atoms with van der Waals surface area (Å²) in [4.78, 5) is 17.3. The number of aliphatic hydroxyl groups is 1. The molecule has 9 heteroatoms. The quantitative estimate of drug-likeness (QED) is 0.0623. The Morgan fingerprint density at radius 3 is 1.09 bits per heavy atom. The van der Waals surface area contributed by atoms with Crippen LogP contribution >= 0.6 is 25.5 Å². The number of esters is 1. The first-order chi connectivity index (χ1) is 21.1. The minimum atomic E-state index is -0.758. The van der Waals surface area contributed by atoms with Crippen LogP contribution in [0.25, 0.3) is 0 Å². The molecule has 0 saturated heterocycles. The molecule has 4 rings (SSSR count). The molecular formula is C34H45ClNO4P2Ru+3. The summed E-state index contributed by atoms with van der Waals surface area (Å²) in [5.74, 6) is -0.245. The standard InChI is InChI=1S/C28H29NP2.C3H6O2.C2H6O.CHO.ClH.Ru.H/c1-5-13-25(14-6-1)30(26-15-7-2-8-16-26)23-21-29-22-24-31(27-17-9-3-10-18-27)28-19-11-4-12-20-28;1-3(4)5-2;1-2-3;1-2;;;/h1-20,29H,21-24H2;1-2H3;3H,2H2,1H3;1H;1H;;/q;;;-1;;+3;/p+1. The predicted octanol–water partition coefficient (Wildman–Crippen LogP) is 4.63. The summed E-state index contributed by atoms with van der Waals surface area (Å²) < 4.78 is 4.11. The summed E-state index contributed by atoms with van der Waals surface area (Å²) >= 11 is 1.62. The van der Waals surface area contributed by atoms with Crippen molar-refractivity contribution in [2.24, 2.45) is 0 Å². The van der Waals surface area contributed by atoms with Crippen LogP contribution in [0.5, 0.6) is 0 Å². The van der Waals surface area contributed by atoms with Crippen LogP contribution in [0.1, 0.15) is 13.8 Å². The maximum atomic E-state index is 9.59. The van der Waals surface area contributed by atoms with E-state index in [-0.39, 0.29) is 12.6 Å². The summed E-state index contributed by atoms with van der Waals surface area (Å²) in [6.07, 6.45) is 2.41. The van der Waals surface area contributed by atoms with Crippen molar-refractivity contribution in [3.8, 4) is 0 Å². The molecule has 4 aromatic rings. The third-order valence-corrected chi connectivity index (χ3v) is 11.5. The molecule has 232 valence electrons. The fourth-order valence-electron chi connectivity index (χ4n) is 4.02. The Kier molecular flexibility index (Phi) is 27.0. The number of carbonyl (C=O) groups excluding carboxylic acids is 2. The van der Waals surface area contributed by atoms with Gasteiger partial charge in [0.2, 0.25) is 0 Å². The summed E-state index contributed by atoms with van der Waals surface area (Å²) in [6.45, 7) is 8.67. The molecule has 0 aliphatic rings. The molecule has 0 bridgehead atoms. The van der Waals surface area contributed by atoms with Gasteiger partial charge in [-0.2, -0.15) is 0 Å². The Labute approximate surface area is 274 Å². The molecule has 0 aliphatic carbocycles. The summed E-state index contributed by atoms with van der Waals surface area (Å²) in [6, 6.07) is 44.2. The first-order valence-corrected chi connectivity index (χ1v) is 19.6. The van der Waals surface area contributed by atoms with Crippen molar-refractivity contribution >= 4 is 59.5 Å². The van der Waals surface area contributed by atoms with E-state index in [0.717, 1.165) is 13.1 Å². The molecule has 0 amide bonds. The first kappa shape index (κ1) is 40.7. The Morgan fingerprint density at radius 1 is 0.698 bits per heavy atom. The average Bonchev–Trinajstić information content (AvgIpc) is 3.08. The van der Waals surface area contributed by atoms with E-state index >= 15 is 0 Å². The van der Waals surface area contributed by atoms with E-state index in [2.05, 4.69) is 148 Å². The maximum Gasteiger partial charge on any atom is 0.0967 e. The Bertz CT molecular complexity index is 1020. The van der Waals surface area contributed by atoms with Gasteiger partial charge in [-0.1, -0.05) is 72.8 Å². The summed E-state index contributed by atoms with van der Waals surface area (Å²) in [7, 11) is 4.44. The van der Waals surface area contributed by atoms with Crippen LogP contribution in [0.15, 0.2) is 121 Å². The zero-order valence-electron chi connectivity index (χ0n) is 25.1. The van der Waals surface area contributed by atoms with Gasteiger partial charge >= 0.3 is 33.0 Å². The van der Waals surface area contributed by atoms with Crippen molar-refractivity contribution in [1.82, 2.24) is 5.32 Å². The molecule has 0 aromatic heterocycles. The van der Waals surface area contributed by atoms with Gasteiger partial charge in [-0.05, 0) is 55.5 Å². The van der Waals surface area contributed by atoms with E-state index in [1.54, 1.807) is 24.2 Å². The number of ether oxygens (including phenoxy) is 1. The van der Waals surface area contributed by atoms with Crippen molar-refractivity contribution < 1.29 is 36.7 Å². The Hall–Kier alpha value is -2.29. The third-order valence-electron chi connectivity index (χ3n) is 5.88. The minimum absolute atomic E-state index is 0.245. The smallest absolute Gasteiger partial charge is 0.0967 e. The molecule has 2 N–H and O–H groups in total. The van der Waals surface area contributed by atoms with Gasteiger partial charge in [0.15, 0.2) is 0 Å². The molecule has 0 atom stereocenters.